The SMILES string of the molecule is O=C(/C=C/c1ccc(-c2cccc(Br)c2)o1)c1ccc(Cl)cc1. The molecular formula is C19H12BrClO2. The van der Waals surface area contributed by atoms with Crippen molar-refractivity contribution in [1.82, 2.24) is 0 Å². The summed E-state index contributed by atoms with van der Waals surface area (Å²) >= 11 is 9.25. The van der Waals surface area contributed by atoms with E-state index in [1.807, 2.05) is 36.4 Å². The molecule has 1 aromatic heterocycles. The number of halogens is 2. The molecule has 0 saturated heterocycles. The minimum atomic E-state index is -0.0953. The summed E-state index contributed by atoms with van der Waals surface area (Å²) in [5.41, 5.74) is 1.56. The van der Waals surface area contributed by atoms with Crippen LogP contribution in [0, 0.1) is 0 Å². The normalized spacial score (nSPS) is 11.0. The highest BCUT2D eigenvalue weighted by Gasteiger charge is 2.05. The first-order valence-electron chi connectivity index (χ1n) is 6.95. The van der Waals surface area contributed by atoms with Gasteiger partial charge in [-0.1, -0.05) is 39.7 Å². The van der Waals surface area contributed by atoms with Crippen molar-refractivity contribution in [1.29, 1.82) is 0 Å². The molecule has 0 atom stereocenters. The Bertz CT molecular complexity index is 863. The highest BCUT2D eigenvalue weighted by molar-refractivity contribution is 9.10. The molecule has 3 aromatic rings. The van der Waals surface area contributed by atoms with Crippen LogP contribution in [0.5, 0.6) is 0 Å². The summed E-state index contributed by atoms with van der Waals surface area (Å²) in [7, 11) is 0. The van der Waals surface area contributed by atoms with Gasteiger partial charge in [-0.3, -0.25) is 4.79 Å². The molecule has 2 aromatic carbocycles. The van der Waals surface area contributed by atoms with E-state index in [0.717, 1.165) is 15.8 Å². The van der Waals surface area contributed by atoms with Crippen LogP contribution in [0.4, 0.5) is 0 Å². The maximum atomic E-state index is 12.1. The fourth-order valence-electron chi connectivity index (χ4n) is 2.11. The fraction of sp³-hybridized carbons (Fsp3) is 0. The minimum absolute atomic E-state index is 0.0953. The number of hydrogen-bond acceptors (Lipinski definition) is 2. The van der Waals surface area contributed by atoms with Gasteiger partial charge in [0.15, 0.2) is 5.78 Å². The molecule has 0 radical (unpaired) electrons. The number of furan rings is 1. The van der Waals surface area contributed by atoms with Crippen molar-refractivity contribution in [3.8, 4) is 11.3 Å². The van der Waals surface area contributed by atoms with Gasteiger partial charge in [-0.25, -0.2) is 0 Å². The van der Waals surface area contributed by atoms with Gasteiger partial charge in [0.1, 0.15) is 11.5 Å². The van der Waals surface area contributed by atoms with Crippen LogP contribution in [-0.4, -0.2) is 5.78 Å². The number of allylic oxidation sites excluding steroid dienone is 1. The van der Waals surface area contributed by atoms with Crippen LogP contribution in [0.2, 0.25) is 5.02 Å². The van der Waals surface area contributed by atoms with Crippen LogP contribution in [0.15, 0.2) is 75.6 Å². The predicted octanol–water partition coefficient (Wildman–Crippen LogP) is 6.26. The van der Waals surface area contributed by atoms with E-state index in [1.165, 1.54) is 6.08 Å². The molecule has 0 fully saturated rings. The third-order valence-corrected chi connectivity index (χ3v) is 4.01. The molecule has 2 nitrogen and oxygen atoms in total. The van der Waals surface area contributed by atoms with Crippen LogP contribution < -0.4 is 0 Å². The molecule has 3 rings (SSSR count). The van der Waals surface area contributed by atoms with Crippen LogP contribution >= 0.6 is 27.5 Å². The topological polar surface area (TPSA) is 30.2 Å². The summed E-state index contributed by atoms with van der Waals surface area (Å²) in [6.07, 6.45) is 3.16. The Morgan fingerprint density at radius 3 is 2.57 bits per heavy atom. The van der Waals surface area contributed by atoms with Crippen LogP contribution in [-0.2, 0) is 0 Å². The average Bonchev–Trinajstić information content (AvgIpc) is 3.02. The van der Waals surface area contributed by atoms with Gasteiger partial charge in [0.25, 0.3) is 0 Å². The lowest BCUT2D eigenvalue weighted by Crippen LogP contribution is -1.92. The second-order valence-corrected chi connectivity index (χ2v) is 6.27. The molecule has 23 heavy (non-hydrogen) atoms. The van der Waals surface area contributed by atoms with Crippen molar-refractivity contribution >= 4 is 39.4 Å². The second kappa shape index (κ2) is 6.99. The molecule has 0 aliphatic rings. The lowest BCUT2D eigenvalue weighted by atomic mass is 10.1. The van der Waals surface area contributed by atoms with Crippen LogP contribution in [0.1, 0.15) is 16.1 Å². The predicted molar refractivity (Wildman–Crippen MR) is 96.7 cm³/mol. The van der Waals surface area contributed by atoms with E-state index in [4.69, 9.17) is 16.0 Å². The molecule has 0 aliphatic heterocycles. The Balaban J connectivity index is 1.76. The molecule has 0 aliphatic carbocycles. The molecule has 0 spiro atoms. The Morgan fingerprint density at radius 1 is 1.04 bits per heavy atom. The summed E-state index contributed by atoms with van der Waals surface area (Å²) in [4.78, 5) is 12.1. The van der Waals surface area contributed by atoms with E-state index in [0.29, 0.717) is 16.3 Å². The zero-order chi connectivity index (χ0) is 16.2. The first-order chi connectivity index (χ1) is 11.1. The van der Waals surface area contributed by atoms with Crippen LogP contribution in [0.25, 0.3) is 17.4 Å². The van der Waals surface area contributed by atoms with Crippen molar-refractivity contribution in [2.24, 2.45) is 0 Å². The third kappa shape index (κ3) is 4.01. The van der Waals surface area contributed by atoms with E-state index < -0.39 is 0 Å². The summed E-state index contributed by atoms with van der Waals surface area (Å²) in [5.74, 6) is 1.29. The van der Waals surface area contributed by atoms with Crippen molar-refractivity contribution in [3.63, 3.8) is 0 Å². The number of carbonyl (C=O) groups excluding carboxylic acids is 1. The Kier molecular flexibility index (Phi) is 4.79. The Morgan fingerprint density at radius 2 is 1.83 bits per heavy atom. The number of benzene rings is 2. The summed E-state index contributed by atoms with van der Waals surface area (Å²) in [6, 6.07) is 18.4. The molecule has 0 saturated carbocycles. The van der Waals surface area contributed by atoms with Crippen molar-refractivity contribution in [2.75, 3.05) is 0 Å². The van der Waals surface area contributed by atoms with Crippen molar-refractivity contribution in [3.05, 3.63) is 87.6 Å². The van der Waals surface area contributed by atoms with Crippen LogP contribution in [0.3, 0.4) is 0 Å². The second-order valence-electron chi connectivity index (χ2n) is 4.92. The van der Waals surface area contributed by atoms with Crippen molar-refractivity contribution < 1.29 is 9.21 Å². The lowest BCUT2D eigenvalue weighted by Gasteiger charge is -1.97. The van der Waals surface area contributed by atoms with E-state index in [1.54, 1.807) is 30.3 Å². The first-order valence-corrected chi connectivity index (χ1v) is 8.13. The maximum Gasteiger partial charge on any atom is 0.185 e. The molecular weight excluding hydrogens is 376 g/mol. The van der Waals surface area contributed by atoms with Crippen molar-refractivity contribution in [2.45, 2.75) is 0 Å². The van der Waals surface area contributed by atoms with Gasteiger partial charge < -0.3 is 4.42 Å². The standard InChI is InChI=1S/C19H12BrClO2/c20-15-3-1-2-14(12-15)19-11-9-17(23-19)8-10-18(22)13-4-6-16(21)7-5-13/h1-12H/b10-8+. The average molecular weight is 388 g/mol. The van der Waals surface area contributed by atoms with Gasteiger partial charge in [-0.2, -0.15) is 0 Å². The van der Waals surface area contributed by atoms with Gasteiger partial charge in [0.2, 0.25) is 0 Å². The summed E-state index contributed by atoms with van der Waals surface area (Å²) < 4.78 is 6.74. The van der Waals surface area contributed by atoms with E-state index in [-0.39, 0.29) is 5.78 Å². The summed E-state index contributed by atoms with van der Waals surface area (Å²) in [6.45, 7) is 0. The number of rotatable bonds is 4. The lowest BCUT2D eigenvalue weighted by molar-refractivity contribution is 0.104. The highest BCUT2D eigenvalue weighted by atomic mass is 79.9. The number of ketones is 1. The van der Waals surface area contributed by atoms with Gasteiger partial charge >= 0.3 is 0 Å². The number of carbonyl (C=O) groups is 1. The quantitative estimate of drug-likeness (QED) is 0.391. The number of hydrogen-bond donors (Lipinski definition) is 0. The molecule has 0 unspecified atom stereocenters. The van der Waals surface area contributed by atoms with Gasteiger partial charge in [0.05, 0.1) is 0 Å². The van der Waals surface area contributed by atoms with E-state index in [2.05, 4.69) is 15.9 Å². The largest absolute Gasteiger partial charge is 0.457 e. The van der Waals surface area contributed by atoms with Gasteiger partial charge in [0, 0.05) is 20.6 Å². The summed E-state index contributed by atoms with van der Waals surface area (Å²) in [5, 5.41) is 0.607. The zero-order valence-corrected chi connectivity index (χ0v) is 14.3. The molecule has 4 heteroatoms. The zero-order valence-electron chi connectivity index (χ0n) is 12.0. The fourth-order valence-corrected chi connectivity index (χ4v) is 2.63. The Labute approximate surface area is 147 Å². The van der Waals surface area contributed by atoms with Gasteiger partial charge in [-0.15, -0.1) is 0 Å². The smallest absolute Gasteiger partial charge is 0.185 e. The molecule has 114 valence electrons. The minimum Gasteiger partial charge on any atom is -0.457 e. The highest BCUT2D eigenvalue weighted by Crippen LogP contribution is 2.25. The first kappa shape index (κ1) is 15.8. The molecule has 0 amide bonds. The van der Waals surface area contributed by atoms with E-state index >= 15 is 0 Å². The molecule has 0 N–H and O–H groups in total. The Hall–Kier alpha value is -2.10. The third-order valence-electron chi connectivity index (χ3n) is 3.26. The molecule has 1 heterocycles. The maximum absolute atomic E-state index is 12.1. The van der Waals surface area contributed by atoms with E-state index in [9.17, 15) is 4.79 Å². The monoisotopic (exact) mass is 386 g/mol. The van der Waals surface area contributed by atoms with Gasteiger partial charge in [-0.05, 0) is 60.7 Å². The molecule has 0 bridgehead atoms.